The summed E-state index contributed by atoms with van der Waals surface area (Å²) >= 11 is 2.82. The number of hydrogen-bond acceptors (Lipinski definition) is 6. The number of rotatable bonds is 8. The third-order valence-corrected chi connectivity index (χ3v) is 6.38. The van der Waals surface area contributed by atoms with E-state index in [2.05, 4.69) is 4.99 Å². The molecule has 3 rings (SSSR count). The Hall–Kier alpha value is -2.65. The van der Waals surface area contributed by atoms with E-state index in [1.165, 1.54) is 30.6 Å². The molecular weight excluding hydrogens is 427 g/mol. The van der Waals surface area contributed by atoms with Gasteiger partial charge in [0.25, 0.3) is 0 Å². The molecule has 0 aliphatic carbocycles. The Morgan fingerprint density at radius 2 is 1.93 bits per heavy atom. The monoisotopic (exact) mass is 448 g/mol. The fourth-order valence-electron chi connectivity index (χ4n) is 2.73. The Morgan fingerprint density at radius 1 is 1.17 bits per heavy atom. The maximum atomic E-state index is 13.6. The quantitative estimate of drug-likeness (QED) is 0.296. The molecule has 0 aliphatic rings. The Morgan fingerprint density at radius 3 is 2.63 bits per heavy atom. The van der Waals surface area contributed by atoms with E-state index in [4.69, 9.17) is 9.47 Å². The van der Waals surface area contributed by atoms with Crippen molar-refractivity contribution in [2.45, 2.75) is 24.3 Å². The second kappa shape index (κ2) is 10.4. The number of thioether (sulfide) groups is 1. The summed E-state index contributed by atoms with van der Waals surface area (Å²) in [6, 6.07) is 12.0. The number of carbonyl (C=O) groups is 2. The lowest BCUT2D eigenvalue weighted by atomic mass is 10.3. The van der Waals surface area contributed by atoms with Gasteiger partial charge in [-0.05, 0) is 54.6 Å². The second-order valence-corrected chi connectivity index (χ2v) is 8.47. The molecule has 0 aliphatic heterocycles. The first-order valence-electron chi connectivity index (χ1n) is 9.20. The Bertz CT molecular complexity index is 1110. The molecule has 0 saturated heterocycles. The van der Waals surface area contributed by atoms with Crippen molar-refractivity contribution >= 4 is 45.2 Å². The minimum Gasteiger partial charge on any atom is -0.497 e. The summed E-state index contributed by atoms with van der Waals surface area (Å²) < 4.78 is 25.6. The summed E-state index contributed by atoms with van der Waals surface area (Å²) in [5.41, 5.74) is 0.633. The van der Waals surface area contributed by atoms with Gasteiger partial charge in [0, 0.05) is 11.3 Å². The SMILES string of the molecule is COC(=O)Cn1c(=NC(=O)CCCSc2ccc(OC)cc2)sc2cc(F)ccc21. The number of aromatic nitrogens is 1. The van der Waals surface area contributed by atoms with Gasteiger partial charge in [0.1, 0.15) is 18.1 Å². The number of amides is 1. The summed E-state index contributed by atoms with van der Waals surface area (Å²) in [6.45, 7) is -0.0957. The maximum Gasteiger partial charge on any atom is 0.325 e. The van der Waals surface area contributed by atoms with Crippen molar-refractivity contribution in [3.8, 4) is 5.75 Å². The van der Waals surface area contributed by atoms with Gasteiger partial charge in [0.05, 0.1) is 24.4 Å². The third-order valence-electron chi connectivity index (χ3n) is 4.24. The highest BCUT2D eigenvalue weighted by atomic mass is 32.2. The lowest BCUT2D eigenvalue weighted by Gasteiger charge is -2.04. The molecule has 6 nitrogen and oxygen atoms in total. The first kappa shape index (κ1) is 22.0. The van der Waals surface area contributed by atoms with Crippen LogP contribution in [0.15, 0.2) is 52.4 Å². The summed E-state index contributed by atoms with van der Waals surface area (Å²) in [5.74, 6) is 0.437. The fraction of sp³-hybridized carbons (Fsp3) is 0.286. The van der Waals surface area contributed by atoms with Crippen LogP contribution in [-0.4, -0.2) is 36.4 Å². The van der Waals surface area contributed by atoms with Crippen LogP contribution in [0.25, 0.3) is 10.2 Å². The molecule has 158 valence electrons. The van der Waals surface area contributed by atoms with Crippen LogP contribution in [0.4, 0.5) is 4.39 Å². The van der Waals surface area contributed by atoms with Gasteiger partial charge in [0.2, 0.25) is 5.91 Å². The topological polar surface area (TPSA) is 69.9 Å². The summed E-state index contributed by atoms with van der Waals surface area (Å²) in [7, 11) is 2.92. The number of methoxy groups -OCH3 is 2. The zero-order valence-corrected chi connectivity index (χ0v) is 18.2. The van der Waals surface area contributed by atoms with Crippen molar-refractivity contribution in [3.63, 3.8) is 0 Å². The molecule has 0 fully saturated rings. The molecule has 1 amide bonds. The molecule has 0 saturated carbocycles. The lowest BCUT2D eigenvalue weighted by molar-refractivity contribution is -0.141. The van der Waals surface area contributed by atoms with Crippen molar-refractivity contribution < 1.29 is 23.5 Å². The number of carbonyl (C=O) groups excluding carboxylic acids is 2. The van der Waals surface area contributed by atoms with Gasteiger partial charge < -0.3 is 14.0 Å². The Labute approximate surface area is 181 Å². The third kappa shape index (κ3) is 5.70. The molecule has 1 aromatic heterocycles. The van der Waals surface area contributed by atoms with E-state index < -0.39 is 5.97 Å². The van der Waals surface area contributed by atoms with Crippen LogP contribution in [0, 0.1) is 5.82 Å². The first-order valence-corrected chi connectivity index (χ1v) is 11.0. The lowest BCUT2D eigenvalue weighted by Crippen LogP contribution is -2.22. The summed E-state index contributed by atoms with van der Waals surface area (Å²) in [6.07, 6.45) is 0.944. The van der Waals surface area contributed by atoms with Crippen molar-refractivity contribution in [3.05, 3.63) is 53.1 Å². The molecule has 0 bridgehead atoms. The standard InChI is InChI=1S/C21H21FN2O4S2/c1-27-15-6-8-16(9-7-15)29-11-3-4-19(25)23-21-24(13-20(26)28-2)17-10-5-14(22)12-18(17)30-21/h5-10,12H,3-4,11,13H2,1-2H3. The van der Waals surface area contributed by atoms with Crippen molar-refractivity contribution in [1.29, 1.82) is 0 Å². The van der Waals surface area contributed by atoms with E-state index in [9.17, 15) is 14.0 Å². The molecule has 1 heterocycles. The van der Waals surface area contributed by atoms with Gasteiger partial charge in [0.15, 0.2) is 4.80 Å². The average Bonchev–Trinajstić information content (AvgIpc) is 3.07. The van der Waals surface area contributed by atoms with Crippen LogP contribution < -0.4 is 9.54 Å². The molecular formula is C21H21FN2O4S2. The van der Waals surface area contributed by atoms with E-state index in [-0.39, 0.29) is 24.7 Å². The van der Waals surface area contributed by atoms with Gasteiger partial charge in [-0.15, -0.1) is 11.8 Å². The number of esters is 1. The van der Waals surface area contributed by atoms with Crippen LogP contribution in [0.2, 0.25) is 0 Å². The zero-order chi connectivity index (χ0) is 21.5. The number of nitrogens with zero attached hydrogens (tertiary/aromatic N) is 2. The van der Waals surface area contributed by atoms with Gasteiger partial charge in [-0.1, -0.05) is 11.3 Å². The van der Waals surface area contributed by atoms with E-state index in [0.29, 0.717) is 21.4 Å². The predicted molar refractivity (Wildman–Crippen MR) is 115 cm³/mol. The second-order valence-electron chi connectivity index (χ2n) is 6.29. The van der Waals surface area contributed by atoms with Crippen molar-refractivity contribution in [1.82, 2.24) is 4.57 Å². The smallest absolute Gasteiger partial charge is 0.325 e. The summed E-state index contributed by atoms with van der Waals surface area (Å²) in [4.78, 5) is 29.8. The average molecular weight is 449 g/mol. The largest absolute Gasteiger partial charge is 0.497 e. The minimum atomic E-state index is -0.469. The molecule has 9 heteroatoms. The molecule has 0 atom stereocenters. The van der Waals surface area contributed by atoms with Gasteiger partial charge in [-0.25, -0.2) is 4.39 Å². The van der Waals surface area contributed by atoms with E-state index in [0.717, 1.165) is 16.4 Å². The normalized spacial score (nSPS) is 11.6. The Kier molecular flexibility index (Phi) is 7.64. The van der Waals surface area contributed by atoms with Gasteiger partial charge in [-0.3, -0.25) is 9.59 Å². The van der Waals surface area contributed by atoms with Crippen molar-refractivity contribution in [2.75, 3.05) is 20.0 Å². The minimum absolute atomic E-state index is 0.0957. The molecule has 0 radical (unpaired) electrons. The van der Waals surface area contributed by atoms with E-state index in [1.807, 2.05) is 24.3 Å². The first-order chi connectivity index (χ1) is 14.5. The van der Waals surface area contributed by atoms with Crippen LogP contribution in [0.1, 0.15) is 12.8 Å². The van der Waals surface area contributed by atoms with Crippen molar-refractivity contribution in [2.24, 2.45) is 4.99 Å². The highest BCUT2D eigenvalue weighted by molar-refractivity contribution is 7.99. The van der Waals surface area contributed by atoms with Crippen LogP contribution in [-0.2, 0) is 20.9 Å². The van der Waals surface area contributed by atoms with Gasteiger partial charge >= 0.3 is 5.97 Å². The highest BCUT2D eigenvalue weighted by Crippen LogP contribution is 2.22. The number of thiazole rings is 1. The zero-order valence-electron chi connectivity index (χ0n) is 16.6. The molecule has 2 aromatic carbocycles. The number of halogens is 1. The molecule has 0 spiro atoms. The number of benzene rings is 2. The molecule has 30 heavy (non-hydrogen) atoms. The number of hydrogen-bond donors (Lipinski definition) is 0. The number of ether oxygens (including phenoxy) is 2. The molecule has 0 unspecified atom stereocenters. The highest BCUT2D eigenvalue weighted by Gasteiger charge is 2.12. The van der Waals surface area contributed by atoms with Crippen LogP contribution in [0.5, 0.6) is 5.75 Å². The predicted octanol–water partition coefficient (Wildman–Crippen LogP) is 4.02. The van der Waals surface area contributed by atoms with E-state index >= 15 is 0 Å². The summed E-state index contributed by atoms with van der Waals surface area (Å²) in [5, 5.41) is 0. The van der Waals surface area contributed by atoms with Gasteiger partial charge in [-0.2, -0.15) is 4.99 Å². The maximum absolute atomic E-state index is 13.6. The van der Waals surface area contributed by atoms with E-state index in [1.54, 1.807) is 29.5 Å². The van der Waals surface area contributed by atoms with Crippen LogP contribution in [0.3, 0.4) is 0 Å². The Balaban J connectivity index is 1.67. The van der Waals surface area contributed by atoms with Crippen LogP contribution >= 0.6 is 23.1 Å². The fourth-order valence-corrected chi connectivity index (χ4v) is 4.65. The number of fused-ring (bicyclic) bond motifs is 1. The molecule has 3 aromatic rings. The molecule has 0 N–H and O–H groups in total.